The van der Waals surface area contributed by atoms with E-state index in [1.807, 2.05) is 0 Å². The van der Waals surface area contributed by atoms with Crippen molar-refractivity contribution in [2.24, 2.45) is 10.9 Å². The molecule has 6 nitrogen and oxygen atoms in total. The zero-order valence-electron chi connectivity index (χ0n) is 12.1. The Balaban J connectivity index is 1.94. The summed E-state index contributed by atoms with van der Waals surface area (Å²) in [6.07, 6.45) is 1.54. The monoisotopic (exact) mass is 291 g/mol. The van der Waals surface area contributed by atoms with Crippen molar-refractivity contribution in [2.75, 3.05) is 13.1 Å². The number of nitrogens with two attached hydrogens (primary N) is 1. The van der Waals surface area contributed by atoms with Gasteiger partial charge in [0.05, 0.1) is 12.0 Å². The van der Waals surface area contributed by atoms with Crippen LogP contribution in [0.2, 0.25) is 0 Å². The highest BCUT2D eigenvalue weighted by molar-refractivity contribution is 5.97. The molecular formula is C15H21N3O3. The van der Waals surface area contributed by atoms with Crippen LogP contribution in [0.5, 0.6) is 0 Å². The summed E-state index contributed by atoms with van der Waals surface area (Å²) in [5, 5.41) is 21.4. The minimum atomic E-state index is -0.653. The number of amides is 1. The lowest BCUT2D eigenvalue weighted by atomic mass is 9.93. The van der Waals surface area contributed by atoms with Crippen molar-refractivity contribution in [3.8, 4) is 0 Å². The van der Waals surface area contributed by atoms with Crippen LogP contribution in [0.4, 0.5) is 0 Å². The average Bonchev–Trinajstić information content (AvgIpc) is 2.47. The van der Waals surface area contributed by atoms with Crippen LogP contribution in [-0.2, 0) is 11.2 Å². The Morgan fingerprint density at radius 1 is 1.33 bits per heavy atom. The number of carbonyl (C=O) groups excluding carboxylic acids is 1. The van der Waals surface area contributed by atoms with Gasteiger partial charge in [-0.3, -0.25) is 4.79 Å². The van der Waals surface area contributed by atoms with Crippen molar-refractivity contribution in [1.29, 1.82) is 0 Å². The van der Waals surface area contributed by atoms with E-state index in [0.717, 1.165) is 5.56 Å². The molecule has 1 heterocycles. The highest BCUT2D eigenvalue weighted by Crippen LogP contribution is 2.21. The van der Waals surface area contributed by atoms with Crippen LogP contribution in [0.1, 0.15) is 30.9 Å². The number of amidine groups is 1. The highest BCUT2D eigenvalue weighted by Gasteiger charge is 2.29. The summed E-state index contributed by atoms with van der Waals surface area (Å²) in [5.74, 6) is 0.105. The maximum absolute atomic E-state index is 12.2. The first kappa shape index (κ1) is 15.3. The molecule has 1 fully saturated rings. The molecule has 1 aromatic rings. The molecule has 21 heavy (non-hydrogen) atoms. The second-order valence-corrected chi connectivity index (χ2v) is 5.74. The van der Waals surface area contributed by atoms with E-state index >= 15 is 0 Å². The summed E-state index contributed by atoms with van der Waals surface area (Å²) in [7, 11) is 0. The van der Waals surface area contributed by atoms with Gasteiger partial charge in [-0.15, -0.1) is 0 Å². The number of benzene rings is 1. The lowest BCUT2D eigenvalue weighted by molar-refractivity contribution is -0.134. The smallest absolute Gasteiger partial charge is 0.226 e. The molecule has 0 saturated carbocycles. The number of oxime groups is 1. The van der Waals surface area contributed by atoms with Crippen molar-refractivity contribution in [3.63, 3.8) is 0 Å². The second-order valence-electron chi connectivity index (χ2n) is 5.74. The Morgan fingerprint density at radius 2 is 1.90 bits per heavy atom. The normalized spacial score (nSPS) is 18.6. The Labute approximate surface area is 123 Å². The zero-order valence-corrected chi connectivity index (χ0v) is 12.1. The molecule has 0 aromatic heterocycles. The van der Waals surface area contributed by atoms with E-state index in [9.17, 15) is 9.90 Å². The average molecular weight is 291 g/mol. The largest absolute Gasteiger partial charge is 0.409 e. The maximum atomic E-state index is 12.2. The first-order chi connectivity index (χ1) is 9.91. The molecule has 0 atom stereocenters. The quantitative estimate of drug-likeness (QED) is 0.330. The number of aliphatic hydroxyl groups is 1. The van der Waals surface area contributed by atoms with Gasteiger partial charge >= 0.3 is 0 Å². The molecule has 0 aliphatic carbocycles. The summed E-state index contributed by atoms with van der Waals surface area (Å²) >= 11 is 0. The summed E-state index contributed by atoms with van der Waals surface area (Å²) in [6, 6.07) is 7.04. The topological polar surface area (TPSA) is 99.2 Å². The second kappa shape index (κ2) is 6.13. The van der Waals surface area contributed by atoms with Crippen molar-refractivity contribution in [2.45, 2.75) is 31.8 Å². The molecule has 2 rings (SSSR count). The third-order valence-corrected chi connectivity index (χ3v) is 3.91. The van der Waals surface area contributed by atoms with Gasteiger partial charge in [0, 0.05) is 18.7 Å². The van der Waals surface area contributed by atoms with Crippen molar-refractivity contribution >= 4 is 11.7 Å². The van der Waals surface area contributed by atoms with Crippen molar-refractivity contribution in [1.82, 2.24) is 4.90 Å². The van der Waals surface area contributed by atoms with E-state index in [2.05, 4.69) is 5.16 Å². The lowest BCUT2D eigenvalue weighted by Gasteiger charge is -2.35. The van der Waals surface area contributed by atoms with Gasteiger partial charge in [-0.2, -0.15) is 0 Å². The summed E-state index contributed by atoms with van der Waals surface area (Å²) in [4.78, 5) is 14.0. The minimum absolute atomic E-state index is 0.0474. The fraction of sp³-hybridized carbons (Fsp3) is 0.467. The van der Waals surface area contributed by atoms with Crippen LogP contribution in [0.25, 0.3) is 0 Å². The molecule has 114 valence electrons. The van der Waals surface area contributed by atoms with Crippen molar-refractivity contribution < 1.29 is 15.1 Å². The zero-order chi connectivity index (χ0) is 15.5. The number of rotatable bonds is 3. The van der Waals surface area contributed by atoms with Gasteiger partial charge in [-0.1, -0.05) is 29.4 Å². The van der Waals surface area contributed by atoms with E-state index in [4.69, 9.17) is 10.9 Å². The van der Waals surface area contributed by atoms with E-state index in [0.29, 0.717) is 37.9 Å². The summed E-state index contributed by atoms with van der Waals surface area (Å²) in [5.41, 5.74) is 6.33. The van der Waals surface area contributed by atoms with E-state index in [-0.39, 0.29) is 11.7 Å². The molecule has 4 N–H and O–H groups in total. The predicted octanol–water partition coefficient (Wildman–Crippen LogP) is 0.697. The Kier molecular flexibility index (Phi) is 4.47. The van der Waals surface area contributed by atoms with E-state index in [1.165, 1.54) is 0 Å². The first-order valence-corrected chi connectivity index (χ1v) is 6.98. The van der Waals surface area contributed by atoms with Gasteiger partial charge in [0.15, 0.2) is 5.84 Å². The Bertz CT molecular complexity index is 528. The Morgan fingerprint density at radius 3 is 2.43 bits per heavy atom. The summed E-state index contributed by atoms with van der Waals surface area (Å²) < 4.78 is 0. The van der Waals surface area contributed by atoms with Gasteiger partial charge in [0.1, 0.15) is 0 Å². The van der Waals surface area contributed by atoms with Gasteiger partial charge in [0.2, 0.25) is 5.91 Å². The van der Waals surface area contributed by atoms with Crippen LogP contribution in [-0.4, -0.2) is 45.6 Å². The SMILES string of the molecule is CC1(O)CCN(C(=O)Cc2ccc(/C(N)=N/O)cc2)CC1. The number of piperidine rings is 1. The molecule has 1 aromatic carbocycles. The van der Waals surface area contributed by atoms with Gasteiger partial charge in [-0.25, -0.2) is 0 Å². The first-order valence-electron chi connectivity index (χ1n) is 6.98. The number of hydrogen-bond acceptors (Lipinski definition) is 4. The molecule has 0 bridgehead atoms. The predicted molar refractivity (Wildman–Crippen MR) is 79.1 cm³/mol. The molecule has 0 spiro atoms. The molecule has 6 heteroatoms. The number of nitrogens with zero attached hydrogens (tertiary/aromatic N) is 2. The van der Waals surface area contributed by atoms with E-state index < -0.39 is 5.60 Å². The van der Waals surface area contributed by atoms with Crippen LogP contribution < -0.4 is 5.73 Å². The number of likely N-dealkylation sites (tertiary alicyclic amines) is 1. The molecule has 1 saturated heterocycles. The molecule has 0 unspecified atom stereocenters. The Hall–Kier alpha value is -2.08. The van der Waals surface area contributed by atoms with Crippen LogP contribution >= 0.6 is 0 Å². The standard InChI is InChI=1S/C15H21N3O3/c1-15(20)6-8-18(9-7-15)13(19)10-11-2-4-12(5-3-11)14(16)17-21/h2-5,20-21H,6-10H2,1H3,(H2,16,17). The van der Waals surface area contributed by atoms with Gasteiger partial charge < -0.3 is 20.9 Å². The fourth-order valence-electron chi connectivity index (χ4n) is 2.38. The van der Waals surface area contributed by atoms with Gasteiger partial charge in [-0.05, 0) is 25.3 Å². The minimum Gasteiger partial charge on any atom is -0.409 e. The van der Waals surface area contributed by atoms with Crippen molar-refractivity contribution in [3.05, 3.63) is 35.4 Å². The highest BCUT2D eigenvalue weighted by atomic mass is 16.4. The lowest BCUT2D eigenvalue weighted by Crippen LogP contribution is -2.45. The van der Waals surface area contributed by atoms with Crippen LogP contribution in [0, 0.1) is 0 Å². The molecular weight excluding hydrogens is 270 g/mol. The number of hydrogen-bond donors (Lipinski definition) is 3. The molecule has 0 radical (unpaired) electrons. The molecule has 1 aliphatic rings. The van der Waals surface area contributed by atoms with Gasteiger partial charge in [0.25, 0.3) is 0 Å². The number of carbonyl (C=O) groups is 1. The van der Waals surface area contributed by atoms with Crippen LogP contribution in [0.15, 0.2) is 29.4 Å². The fourth-order valence-corrected chi connectivity index (χ4v) is 2.38. The van der Waals surface area contributed by atoms with Crippen LogP contribution in [0.3, 0.4) is 0 Å². The molecule has 1 amide bonds. The molecule has 1 aliphatic heterocycles. The maximum Gasteiger partial charge on any atom is 0.226 e. The third kappa shape index (κ3) is 3.95. The third-order valence-electron chi connectivity index (χ3n) is 3.91. The van der Waals surface area contributed by atoms with E-state index in [1.54, 1.807) is 36.1 Å². The summed E-state index contributed by atoms with van der Waals surface area (Å²) in [6.45, 7) is 2.99.